The maximum absolute atomic E-state index is 12.2. The molecule has 0 aromatic carbocycles. The van der Waals surface area contributed by atoms with Crippen LogP contribution < -0.4 is 10.5 Å². The molecule has 0 bridgehead atoms. The van der Waals surface area contributed by atoms with Crippen LogP contribution in [-0.2, 0) is 17.1 Å². The van der Waals surface area contributed by atoms with Crippen molar-refractivity contribution in [3.63, 3.8) is 0 Å². The predicted octanol–water partition coefficient (Wildman–Crippen LogP) is 0.388. The Kier molecular flexibility index (Phi) is 2.90. The van der Waals surface area contributed by atoms with Crippen LogP contribution in [0, 0.1) is 12.8 Å². The summed E-state index contributed by atoms with van der Waals surface area (Å²) in [6, 6.07) is 0.0593. The van der Waals surface area contributed by atoms with E-state index in [0.29, 0.717) is 11.6 Å². The normalized spacial score (nSPS) is 23.9. The van der Waals surface area contributed by atoms with E-state index < -0.39 is 10.0 Å². The van der Waals surface area contributed by atoms with Gasteiger partial charge >= 0.3 is 0 Å². The van der Waals surface area contributed by atoms with Crippen LogP contribution in [0.15, 0.2) is 4.90 Å². The highest BCUT2D eigenvalue weighted by molar-refractivity contribution is 7.89. The van der Waals surface area contributed by atoms with Crippen molar-refractivity contribution in [3.8, 4) is 0 Å². The van der Waals surface area contributed by atoms with E-state index in [1.54, 1.807) is 14.0 Å². The molecule has 7 heteroatoms. The standard InChI is InChI=1S/C10H18N4O2S/c1-4-7-5-8(7)13-17(15,16)9-6(2)14(3)12-10(9)11/h7-8,13H,4-5H2,1-3H3,(H2,11,12). The van der Waals surface area contributed by atoms with Crippen LogP contribution in [0.3, 0.4) is 0 Å². The molecule has 1 aromatic heterocycles. The van der Waals surface area contributed by atoms with Gasteiger partial charge in [-0.25, -0.2) is 13.1 Å². The number of aryl methyl sites for hydroxylation is 1. The molecule has 1 aliphatic rings. The molecule has 0 spiro atoms. The van der Waals surface area contributed by atoms with Crippen molar-refractivity contribution in [1.82, 2.24) is 14.5 Å². The van der Waals surface area contributed by atoms with Crippen molar-refractivity contribution < 1.29 is 8.42 Å². The third kappa shape index (κ3) is 2.16. The summed E-state index contributed by atoms with van der Waals surface area (Å²) in [4.78, 5) is 0.113. The Morgan fingerprint density at radius 2 is 2.24 bits per heavy atom. The molecule has 17 heavy (non-hydrogen) atoms. The first-order valence-electron chi connectivity index (χ1n) is 5.68. The van der Waals surface area contributed by atoms with E-state index >= 15 is 0 Å². The van der Waals surface area contributed by atoms with E-state index in [1.807, 2.05) is 0 Å². The molecule has 3 N–H and O–H groups in total. The Morgan fingerprint density at radius 1 is 1.59 bits per heavy atom. The third-order valence-electron chi connectivity index (χ3n) is 3.33. The fourth-order valence-corrected chi connectivity index (χ4v) is 3.69. The van der Waals surface area contributed by atoms with Gasteiger partial charge in [0.2, 0.25) is 10.0 Å². The van der Waals surface area contributed by atoms with E-state index in [-0.39, 0.29) is 16.8 Å². The Labute approximate surface area is 101 Å². The van der Waals surface area contributed by atoms with Crippen LogP contribution in [0.4, 0.5) is 5.82 Å². The van der Waals surface area contributed by atoms with E-state index in [0.717, 1.165) is 12.8 Å². The van der Waals surface area contributed by atoms with Crippen molar-refractivity contribution in [1.29, 1.82) is 0 Å². The third-order valence-corrected chi connectivity index (χ3v) is 4.98. The van der Waals surface area contributed by atoms with Gasteiger partial charge in [-0.05, 0) is 19.3 Å². The number of nitrogens with one attached hydrogen (secondary N) is 1. The summed E-state index contributed by atoms with van der Waals surface area (Å²) in [5, 5.41) is 3.92. The van der Waals surface area contributed by atoms with Gasteiger partial charge in [0.25, 0.3) is 0 Å². The fraction of sp³-hybridized carbons (Fsp3) is 0.700. The smallest absolute Gasteiger partial charge is 0.246 e. The second-order valence-electron chi connectivity index (χ2n) is 4.56. The van der Waals surface area contributed by atoms with E-state index in [9.17, 15) is 8.42 Å². The molecular weight excluding hydrogens is 240 g/mol. The lowest BCUT2D eigenvalue weighted by Gasteiger charge is -2.06. The summed E-state index contributed by atoms with van der Waals surface area (Å²) in [5.41, 5.74) is 6.20. The molecule has 2 atom stereocenters. The van der Waals surface area contributed by atoms with E-state index in [2.05, 4.69) is 16.7 Å². The highest BCUT2D eigenvalue weighted by Crippen LogP contribution is 2.35. The first-order chi connectivity index (χ1) is 7.86. The molecule has 6 nitrogen and oxygen atoms in total. The SMILES string of the molecule is CCC1CC1NS(=O)(=O)c1c(N)nn(C)c1C. The number of hydrogen-bond acceptors (Lipinski definition) is 4. The monoisotopic (exact) mass is 258 g/mol. The summed E-state index contributed by atoms with van der Waals surface area (Å²) >= 11 is 0. The van der Waals surface area contributed by atoms with Crippen LogP contribution in [0.5, 0.6) is 0 Å². The second kappa shape index (κ2) is 3.99. The quantitative estimate of drug-likeness (QED) is 0.817. The molecule has 0 amide bonds. The van der Waals surface area contributed by atoms with Crippen molar-refractivity contribution in [2.24, 2.45) is 13.0 Å². The zero-order chi connectivity index (χ0) is 12.8. The minimum Gasteiger partial charge on any atom is -0.381 e. The number of nitrogens with zero attached hydrogens (tertiary/aromatic N) is 2. The van der Waals surface area contributed by atoms with Gasteiger partial charge in [-0.2, -0.15) is 5.10 Å². The van der Waals surface area contributed by atoms with Crippen LogP contribution in [0.1, 0.15) is 25.5 Å². The Hall–Kier alpha value is -1.08. The minimum absolute atomic E-state index is 0.0593. The Bertz CT molecular complexity index is 535. The Morgan fingerprint density at radius 3 is 2.65 bits per heavy atom. The largest absolute Gasteiger partial charge is 0.381 e. The molecule has 1 heterocycles. The first-order valence-corrected chi connectivity index (χ1v) is 7.16. The molecule has 1 aliphatic carbocycles. The molecular formula is C10H18N4O2S. The molecule has 0 saturated heterocycles. The van der Waals surface area contributed by atoms with Gasteiger partial charge < -0.3 is 5.73 Å². The van der Waals surface area contributed by atoms with Gasteiger partial charge in [-0.3, -0.25) is 4.68 Å². The van der Waals surface area contributed by atoms with E-state index in [1.165, 1.54) is 4.68 Å². The summed E-state index contributed by atoms with van der Waals surface area (Å²) in [6.07, 6.45) is 1.91. The van der Waals surface area contributed by atoms with Crippen molar-refractivity contribution in [2.75, 3.05) is 5.73 Å². The van der Waals surface area contributed by atoms with Crippen molar-refractivity contribution >= 4 is 15.8 Å². The number of sulfonamides is 1. The molecule has 0 radical (unpaired) electrons. The second-order valence-corrected chi connectivity index (χ2v) is 6.21. The highest BCUT2D eigenvalue weighted by Gasteiger charge is 2.40. The topological polar surface area (TPSA) is 90.0 Å². The van der Waals surface area contributed by atoms with Crippen molar-refractivity contribution in [2.45, 2.75) is 37.6 Å². The first kappa shape index (κ1) is 12.4. The zero-order valence-electron chi connectivity index (χ0n) is 10.3. The Balaban J connectivity index is 2.26. The zero-order valence-corrected chi connectivity index (χ0v) is 11.1. The molecule has 1 aromatic rings. The number of rotatable bonds is 4. The van der Waals surface area contributed by atoms with Crippen LogP contribution in [0.25, 0.3) is 0 Å². The average molecular weight is 258 g/mol. The van der Waals surface area contributed by atoms with Gasteiger partial charge in [0.1, 0.15) is 4.90 Å². The van der Waals surface area contributed by atoms with Crippen LogP contribution >= 0.6 is 0 Å². The highest BCUT2D eigenvalue weighted by atomic mass is 32.2. The number of nitrogens with two attached hydrogens (primary N) is 1. The maximum atomic E-state index is 12.2. The summed E-state index contributed by atoms with van der Waals surface area (Å²) in [7, 11) is -1.86. The molecule has 96 valence electrons. The molecule has 2 rings (SSSR count). The average Bonchev–Trinajstić information content (AvgIpc) is 2.88. The van der Waals surface area contributed by atoms with Crippen molar-refractivity contribution in [3.05, 3.63) is 5.69 Å². The number of anilines is 1. The summed E-state index contributed by atoms with van der Waals surface area (Å²) < 4.78 is 28.5. The summed E-state index contributed by atoms with van der Waals surface area (Å²) in [5.74, 6) is 0.522. The molecule has 2 unspecified atom stereocenters. The molecule has 0 aliphatic heterocycles. The number of hydrogen-bond donors (Lipinski definition) is 2. The van der Waals surface area contributed by atoms with Gasteiger partial charge in [-0.15, -0.1) is 0 Å². The van der Waals surface area contributed by atoms with Gasteiger partial charge in [0.15, 0.2) is 5.82 Å². The lowest BCUT2D eigenvalue weighted by Crippen LogP contribution is -2.28. The lowest BCUT2D eigenvalue weighted by atomic mass is 10.3. The maximum Gasteiger partial charge on any atom is 0.246 e. The number of aromatic nitrogens is 2. The van der Waals surface area contributed by atoms with E-state index in [4.69, 9.17) is 5.73 Å². The van der Waals surface area contributed by atoms with Gasteiger partial charge in [0.05, 0.1) is 5.69 Å². The molecule has 1 saturated carbocycles. The minimum atomic E-state index is -3.54. The van der Waals surface area contributed by atoms with Gasteiger partial charge in [0, 0.05) is 13.1 Å². The van der Waals surface area contributed by atoms with Crippen LogP contribution in [0.2, 0.25) is 0 Å². The molecule has 1 fully saturated rings. The predicted molar refractivity (Wildman–Crippen MR) is 64.9 cm³/mol. The van der Waals surface area contributed by atoms with Gasteiger partial charge in [-0.1, -0.05) is 13.3 Å². The fourth-order valence-electron chi connectivity index (χ4n) is 2.05. The lowest BCUT2D eigenvalue weighted by molar-refractivity contribution is 0.575. The summed E-state index contributed by atoms with van der Waals surface area (Å²) in [6.45, 7) is 3.75. The van der Waals surface area contributed by atoms with Crippen LogP contribution in [-0.4, -0.2) is 24.2 Å². The number of nitrogen functional groups attached to an aromatic ring is 1.